The summed E-state index contributed by atoms with van der Waals surface area (Å²) >= 11 is 5.95. The normalized spacial score (nSPS) is 10.7. The number of benzene rings is 2. The third-order valence-corrected chi connectivity index (χ3v) is 2.64. The molecule has 14 heavy (non-hydrogen) atoms. The average molecular weight is 205 g/mol. The topological polar surface area (TPSA) is 0 Å². The average Bonchev–Trinajstić information content (AvgIpc) is 2.17. The van der Waals surface area contributed by atoms with Crippen LogP contribution >= 0.6 is 11.6 Å². The molecule has 0 saturated heterocycles. The largest absolute Gasteiger partial charge is 0.0843 e. The maximum Gasteiger partial charge on any atom is 0.0412 e. The lowest BCUT2D eigenvalue weighted by Gasteiger charge is -2.02. The van der Waals surface area contributed by atoms with Gasteiger partial charge in [-0.15, -0.1) is 0 Å². The zero-order valence-electron chi connectivity index (χ0n) is 8.26. The molecule has 2 aromatic carbocycles. The molecule has 0 unspecified atom stereocenters. The number of halogens is 1. The summed E-state index contributed by atoms with van der Waals surface area (Å²) in [5.41, 5.74) is 1.39. The lowest BCUT2D eigenvalue weighted by molar-refractivity contribution is 0.924. The highest BCUT2D eigenvalue weighted by molar-refractivity contribution is 6.31. The Kier molecular flexibility index (Phi) is 2.74. The van der Waals surface area contributed by atoms with Gasteiger partial charge >= 0.3 is 0 Å². The predicted molar refractivity (Wildman–Crippen MR) is 63.0 cm³/mol. The molecule has 0 atom stereocenters. The van der Waals surface area contributed by atoms with Gasteiger partial charge in [0.05, 0.1) is 0 Å². The van der Waals surface area contributed by atoms with Crippen molar-refractivity contribution in [1.82, 2.24) is 0 Å². The van der Waals surface area contributed by atoms with E-state index in [1.807, 2.05) is 12.1 Å². The van der Waals surface area contributed by atoms with Crippen molar-refractivity contribution in [2.24, 2.45) is 0 Å². The van der Waals surface area contributed by atoms with Crippen LogP contribution in [0.25, 0.3) is 10.8 Å². The first kappa shape index (κ1) is 9.54. The van der Waals surface area contributed by atoms with Gasteiger partial charge in [-0.1, -0.05) is 49.2 Å². The Balaban J connectivity index is 2.52. The molecule has 0 aliphatic rings. The van der Waals surface area contributed by atoms with Gasteiger partial charge in [-0.25, -0.2) is 0 Å². The summed E-state index contributed by atoms with van der Waals surface area (Å²) < 4.78 is 0. The van der Waals surface area contributed by atoms with Crippen molar-refractivity contribution in [3.8, 4) is 0 Å². The predicted octanol–water partition coefficient (Wildman–Crippen LogP) is 4.45. The molecule has 0 spiro atoms. The van der Waals surface area contributed by atoms with Crippen molar-refractivity contribution < 1.29 is 0 Å². The first-order chi connectivity index (χ1) is 6.79. The van der Waals surface area contributed by atoms with Gasteiger partial charge in [0.2, 0.25) is 0 Å². The number of aryl methyl sites for hydroxylation is 1. The van der Waals surface area contributed by atoms with Gasteiger partial charge in [-0.2, -0.15) is 0 Å². The maximum atomic E-state index is 5.95. The second-order valence-electron chi connectivity index (χ2n) is 3.58. The van der Waals surface area contributed by atoms with E-state index in [0.29, 0.717) is 0 Å². The quantitative estimate of drug-likeness (QED) is 0.678. The Morgan fingerprint density at radius 1 is 1.00 bits per heavy atom. The Morgan fingerprint density at radius 2 is 1.79 bits per heavy atom. The van der Waals surface area contributed by atoms with Crippen LogP contribution in [-0.2, 0) is 6.42 Å². The molecule has 0 aliphatic carbocycles. The molecule has 0 amide bonds. The highest BCUT2D eigenvalue weighted by atomic mass is 35.5. The van der Waals surface area contributed by atoms with Crippen LogP contribution < -0.4 is 0 Å². The molecule has 0 N–H and O–H groups in total. The van der Waals surface area contributed by atoms with Gasteiger partial charge in [0.15, 0.2) is 0 Å². The summed E-state index contributed by atoms with van der Waals surface area (Å²) in [6.45, 7) is 2.20. The number of hydrogen-bond acceptors (Lipinski definition) is 0. The van der Waals surface area contributed by atoms with Gasteiger partial charge in [-0.3, -0.25) is 0 Å². The molecular weight excluding hydrogens is 192 g/mol. The highest BCUT2D eigenvalue weighted by Crippen LogP contribution is 2.21. The minimum Gasteiger partial charge on any atom is -0.0843 e. The fourth-order valence-corrected chi connectivity index (χ4v) is 1.89. The summed E-state index contributed by atoms with van der Waals surface area (Å²) in [4.78, 5) is 0. The van der Waals surface area contributed by atoms with E-state index in [-0.39, 0.29) is 0 Å². The summed E-state index contributed by atoms with van der Waals surface area (Å²) in [5.74, 6) is 0. The van der Waals surface area contributed by atoms with E-state index in [1.165, 1.54) is 22.8 Å². The Labute approximate surface area is 89.5 Å². The molecule has 0 heterocycles. The summed E-state index contributed by atoms with van der Waals surface area (Å²) in [6.07, 6.45) is 2.33. The molecule has 0 fully saturated rings. The van der Waals surface area contributed by atoms with E-state index in [1.54, 1.807) is 0 Å². The van der Waals surface area contributed by atoms with Crippen LogP contribution in [0.15, 0.2) is 36.4 Å². The minimum absolute atomic E-state index is 0.811. The molecule has 2 rings (SSSR count). The Hall–Kier alpha value is -1.01. The Morgan fingerprint density at radius 3 is 2.57 bits per heavy atom. The first-order valence-corrected chi connectivity index (χ1v) is 5.35. The van der Waals surface area contributed by atoms with Gasteiger partial charge < -0.3 is 0 Å². The van der Waals surface area contributed by atoms with Crippen LogP contribution in [0.4, 0.5) is 0 Å². The van der Waals surface area contributed by atoms with E-state index >= 15 is 0 Å². The first-order valence-electron chi connectivity index (χ1n) is 4.98. The number of rotatable bonds is 2. The number of hydrogen-bond donors (Lipinski definition) is 0. The lowest BCUT2D eigenvalue weighted by atomic mass is 10.0. The fourth-order valence-electron chi connectivity index (χ4n) is 1.71. The molecule has 0 nitrogen and oxygen atoms in total. The van der Waals surface area contributed by atoms with Crippen molar-refractivity contribution >= 4 is 22.4 Å². The third kappa shape index (κ3) is 1.91. The van der Waals surface area contributed by atoms with Crippen molar-refractivity contribution in [3.63, 3.8) is 0 Å². The van der Waals surface area contributed by atoms with E-state index < -0.39 is 0 Å². The van der Waals surface area contributed by atoms with Crippen molar-refractivity contribution in [1.29, 1.82) is 0 Å². The molecule has 0 aromatic heterocycles. The van der Waals surface area contributed by atoms with E-state index in [4.69, 9.17) is 11.6 Å². The van der Waals surface area contributed by atoms with E-state index in [9.17, 15) is 0 Å². The SMILES string of the molecule is CCCc1ccc2ccc(Cl)cc2c1. The zero-order chi connectivity index (χ0) is 9.97. The van der Waals surface area contributed by atoms with Crippen molar-refractivity contribution in [2.75, 3.05) is 0 Å². The standard InChI is InChI=1S/C13H13Cl/c1-2-3-10-4-5-11-6-7-13(14)9-12(11)8-10/h4-9H,2-3H2,1H3. The van der Waals surface area contributed by atoms with E-state index in [0.717, 1.165) is 11.4 Å². The molecule has 0 bridgehead atoms. The third-order valence-electron chi connectivity index (χ3n) is 2.41. The van der Waals surface area contributed by atoms with Gasteiger partial charge in [0.25, 0.3) is 0 Å². The molecule has 0 saturated carbocycles. The van der Waals surface area contributed by atoms with Crippen molar-refractivity contribution in [2.45, 2.75) is 19.8 Å². The second kappa shape index (κ2) is 4.02. The molecule has 2 aromatic rings. The van der Waals surface area contributed by atoms with Crippen molar-refractivity contribution in [3.05, 3.63) is 47.0 Å². The highest BCUT2D eigenvalue weighted by Gasteiger charge is 1.96. The van der Waals surface area contributed by atoms with Crippen LogP contribution in [-0.4, -0.2) is 0 Å². The monoisotopic (exact) mass is 204 g/mol. The van der Waals surface area contributed by atoms with Gasteiger partial charge in [0.1, 0.15) is 0 Å². The smallest absolute Gasteiger partial charge is 0.0412 e. The molecule has 0 radical (unpaired) electrons. The van der Waals surface area contributed by atoms with Crippen LogP contribution in [0.2, 0.25) is 5.02 Å². The fraction of sp³-hybridized carbons (Fsp3) is 0.231. The van der Waals surface area contributed by atoms with Gasteiger partial charge in [-0.05, 0) is 34.9 Å². The maximum absolute atomic E-state index is 5.95. The molecule has 1 heteroatoms. The lowest BCUT2D eigenvalue weighted by Crippen LogP contribution is -1.82. The van der Waals surface area contributed by atoms with E-state index in [2.05, 4.69) is 31.2 Å². The molecule has 0 aliphatic heterocycles. The van der Waals surface area contributed by atoms with Crippen LogP contribution in [0.5, 0.6) is 0 Å². The van der Waals surface area contributed by atoms with Crippen LogP contribution in [0.1, 0.15) is 18.9 Å². The summed E-state index contributed by atoms with van der Waals surface area (Å²) in [5, 5.41) is 3.31. The molecule has 72 valence electrons. The van der Waals surface area contributed by atoms with Crippen LogP contribution in [0.3, 0.4) is 0 Å². The minimum atomic E-state index is 0.811. The van der Waals surface area contributed by atoms with Crippen LogP contribution in [0, 0.1) is 0 Å². The molecular formula is C13H13Cl. The summed E-state index contributed by atoms with van der Waals surface area (Å²) in [7, 11) is 0. The Bertz CT molecular complexity index is 446. The summed E-state index contributed by atoms with van der Waals surface area (Å²) in [6, 6.07) is 12.6. The van der Waals surface area contributed by atoms with Gasteiger partial charge in [0, 0.05) is 5.02 Å². The number of fused-ring (bicyclic) bond motifs is 1. The second-order valence-corrected chi connectivity index (χ2v) is 4.01. The zero-order valence-corrected chi connectivity index (χ0v) is 9.01.